The smallest absolute Gasteiger partial charge is 0.200 e. The van der Waals surface area contributed by atoms with Crippen LogP contribution in [0.5, 0.6) is 0 Å². The minimum Gasteiger partial charge on any atom is -0.377 e. The van der Waals surface area contributed by atoms with E-state index in [9.17, 15) is 22.0 Å². The van der Waals surface area contributed by atoms with E-state index in [0.29, 0.717) is 0 Å². The van der Waals surface area contributed by atoms with Crippen LogP contribution in [0.3, 0.4) is 0 Å². The van der Waals surface area contributed by atoms with Crippen molar-refractivity contribution in [2.75, 3.05) is 5.32 Å². The Bertz CT molecular complexity index is 478. The molecule has 1 saturated carbocycles. The number of benzene rings is 1. The van der Waals surface area contributed by atoms with Gasteiger partial charge in [0.2, 0.25) is 5.82 Å². The van der Waals surface area contributed by atoms with Crippen molar-refractivity contribution in [1.82, 2.24) is 0 Å². The Balaban J connectivity index is 2.38. The van der Waals surface area contributed by atoms with E-state index in [4.69, 9.17) is 0 Å². The third-order valence-corrected chi connectivity index (χ3v) is 4.07. The Hall–Kier alpha value is -1.33. The van der Waals surface area contributed by atoms with Crippen molar-refractivity contribution in [1.29, 1.82) is 0 Å². The van der Waals surface area contributed by atoms with Crippen molar-refractivity contribution in [2.45, 2.75) is 39.2 Å². The second-order valence-electron chi connectivity index (χ2n) is 5.50. The average molecular weight is 293 g/mol. The molecular formula is C14H16F5N. The number of rotatable bonds is 2. The zero-order valence-corrected chi connectivity index (χ0v) is 11.2. The highest BCUT2D eigenvalue weighted by Crippen LogP contribution is 2.34. The molecule has 2 unspecified atom stereocenters. The van der Waals surface area contributed by atoms with Crippen molar-refractivity contribution < 1.29 is 22.0 Å². The summed E-state index contributed by atoms with van der Waals surface area (Å²) in [6, 6.07) is -0.308. The highest BCUT2D eigenvalue weighted by atomic mass is 19.2. The zero-order chi connectivity index (χ0) is 15.0. The molecule has 1 N–H and O–H groups in total. The van der Waals surface area contributed by atoms with Crippen LogP contribution in [0.4, 0.5) is 27.6 Å². The van der Waals surface area contributed by atoms with Crippen LogP contribution >= 0.6 is 0 Å². The normalized spacial score (nSPS) is 26.6. The summed E-state index contributed by atoms with van der Waals surface area (Å²) < 4.78 is 66.5. The molecule has 1 aliphatic rings. The lowest BCUT2D eigenvalue weighted by atomic mass is 9.78. The number of anilines is 1. The molecule has 2 atom stereocenters. The monoisotopic (exact) mass is 293 g/mol. The lowest BCUT2D eigenvalue weighted by Gasteiger charge is -2.36. The molecule has 6 heteroatoms. The van der Waals surface area contributed by atoms with Crippen molar-refractivity contribution >= 4 is 5.69 Å². The summed E-state index contributed by atoms with van der Waals surface area (Å²) in [5.41, 5.74) is -0.924. The van der Waals surface area contributed by atoms with Gasteiger partial charge in [-0.05, 0) is 24.7 Å². The molecule has 0 bridgehead atoms. The molecule has 0 aliphatic heterocycles. The third-order valence-electron chi connectivity index (χ3n) is 4.07. The van der Waals surface area contributed by atoms with Gasteiger partial charge in [0.05, 0.1) is 0 Å². The van der Waals surface area contributed by atoms with Crippen LogP contribution in [-0.2, 0) is 0 Å². The molecule has 0 amide bonds. The van der Waals surface area contributed by atoms with Crippen molar-refractivity contribution in [3.05, 3.63) is 29.1 Å². The maximum atomic E-state index is 13.6. The van der Waals surface area contributed by atoms with Crippen LogP contribution in [0.25, 0.3) is 0 Å². The highest BCUT2D eigenvalue weighted by molar-refractivity contribution is 5.48. The third kappa shape index (κ3) is 2.47. The molecule has 112 valence electrons. The van der Waals surface area contributed by atoms with E-state index in [1.54, 1.807) is 0 Å². The van der Waals surface area contributed by atoms with E-state index < -0.39 is 34.8 Å². The van der Waals surface area contributed by atoms with E-state index in [0.717, 1.165) is 19.3 Å². The van der Waals surface area contributed by atoms with Gasteiger partial charge in [0.15, 0.2) is 23.3 Å². The molecule has 1 aromatic carbocycles. The van der Waals surface area contributed by atoms with Crippen LogP contribution < -0.4 is 5.32 Å². The van der Waals surface area contributed by atoms with Gasteiger partial charge in [0.1, 0.15) is 5.69 Å². The zero-order valence-electron chi connectivity index (χ0n) is 11.2. The van der Waals surface area contributed by atoms with Gasteiger partial charge < -0.3 is 5.32 Å². The van der Waals surface area contributed by atoms with Gasteiger partial charge in [0, 0.05) is 6.04 Å². The van der Waals surface area contributed by atoms with Crippen LogP contribution in [0.15, 0.2) is 0 Å². The topological polar surface area (TPSA) is 12.0 Å². The maximum absolute atomic E-state index is 13.6. The maximum Gasteiger partial charge on any atom is 0.200 e. The summed E-state index contributed by atoms with van der Waals surface area (Å²) in [4.78, 5) is 0. The molecule has 0 spiro atoms. The van der Waals surface area contributed by atoms with E-state index in [1.807, 2.05) is 13.8 Å². The summed E-state index contributed by atoms with van der Waals surface area (Å²) in [6.07, 6.45) is 2.71. The highest BCUT2D eigenvalue weighted by Gasteiger charge is 2.32. The fourth-order valence-corrected chi connectivity index (χ4v) is 2.86. The second kappa shape index (κ2) is 5.58. The van der Waals surface area contributed by atoms with E-state index in [-0.39, 0.29) is 17.9 Å². The van der Waals surface area contributed by atoms with Gasteiger partial charge in [-0.15, -0.1) is 0 Å². The summed E-state index contributed by atoms with van der Waals surface area (Å²) in [5, 5.41) is 2.53. The molecular weight excluding hydrogens is 277 g/mol. The minimum atomic E-state index is -2.13. The van der Waals surface area contributed by atoms with Gasteiger partial charge in [-0.3, -0.25) is 0 Å². The van der Waals surface area contributed by atoms with Crippen molar-refractivity contribution in [2.24, 2.45) is 11.8 Å². The minimum absolute atomic E-state index is 0.105. The summed E-state index contributed by atoms with van der Waals surface area (Å²) in [6.45, 7) is 3.80. The second-order valence-corrected chi connectivity index (χ2v) is 5.50. The number of hydrogen-bond acceptors (Lipinski definition) is 1. The number of halogens is 5. The van der Waals surface area contributed by atoms with Crippen LogP contribution in [0, 0.1) is 40.9 Å². The van der Waals surface area contributed by atoms with Gasteiger partial charge in [-0.1, -0.05) is 20.3 Å². The molecule has 0 heterocycles. The summed E-state index contributed by atoms with van der Waals surface area (Å²) in [7, 11) is 0. The van der Waals surface area contributed by atoms with E-state index in [1.165, 1.54) is 0 Å². The predicted octanol–water partition coefficient (Wildman–Crippen LogP) is 4.62. The van der Waals surface area contributed by atoms with Gasteiger partial charge in [0.25, 0.3) is 0 Å². The fraction of sp³-hybridized carbons (Fsp3) is 0.571. The molecule has 0 radical (unpaired) electrons. The lowest BCUT2D eigenvalue weighted by Crippen LogP contribution is -2.37. The quantitative estimate of drug-likeness (QED) is 0.476. The lowest BCUT2D eigenvalue weighted by molar-refractivity contribution is 0.266. The van der Waals surface area contributed by atoms with Crippen LogP contribution in [0.1, 0.15) is 33.1 Å². The van der Waals surface area contributed by atoms with Gasteiger partial charge in [-0.25, -0.2) is 22.0 Å². The first kappa shape index (κ1) is 15.1. The predicted molar refractivity (Wildman–Crippen MR) is 65.8 cm³/mol. The molecule has 1 nitrogen and oxygen atoms in total. The largest absolute Gasteiger partial charge is 0.377 e. The Morgan fingerprint density at radius 2 is 1.15 bits per heavy atom. The van der Waals surface area contributed by atoms with Gasteiger partial charge in [-0.2, -0.15) is 0 Å². The Kier molecular flexibility index (Phi) is 4.20. The van der Waals surface area contributed by atoms with E-state index >= 15 is 0 Å². The molecule has 0 aromatic heterocycles. The SMILES string of the molecule is CC1CCCC(C)C1Nc1c(F)c(F)c(F)c(F)c1F. The van der Waals surface area contributed by atoms with Crippen molar-refractivity contribution in [3.8, 4) is 0 Å². The van der Waals surface area contributed by atoms with Gasteiger partial charge >= 0.3 is 0 Å². The van der Waals surface area contributed by atoms with E-state index in [2.05, 4.69) is 5.32 Å². The number of hydrogen-bond donors (Lipinski definition) is 1. The molecule has 1 fully saturated rings. The first-order valence-electron chi connectivity index (χ1n) is 6.62. The molecule has 20 heavy (non-hydrogen) atoms. The summed E-state index contributed by atoms with van der Waals surface area (Å²) >= 11 is 0. The first-order valence-corrected chi connectivity index (χ1v) is 6.62. The van der Waals surface area contributed by atoms with Crippen molar-refractivity contribution in [3.63, 3.8) is 0 Å². The molecule has 0 saturated heterocycles. The molecule has 1 aromatic rings. The average Bonchev–Trinajstić information content (AvgIpc) is 2.42. The Morgan fingerprint density at radius 3 is 1.60 bits per heavy atom. The standard InChI is InChI=1S/C14H16F5N/c1-6-4-3-5-7(2)13(6)20-14-11(18)9(16)8(15)10(17)12(14)19/h6-7,13,20H,3-5H2,1-2H3. The fourth-order valence-electron chi connectivity index (χ4n) is 2.86. The molecule has 2 rings (SSSR count). The first-order chi connectivity index (χ1) is 9.34. The van der Waals surface area contributed by atoms with Crippen LogP contribution in [-0.4, -0.2) is 6.04 Å². The van der Waals surface area contributed by atoms with Crippen LogP contribution in [0.2, 0.25) is 0 Å². The Morgan fingerprint density at radius 1 is 0.750 bits per heavy atom. The Labute approximate surface area is 114 Å². The summed E-state index contributed by atoms with van der Waals surface area (Å²) in [5.74, 6) is -9.35. The molecule has 1 aliphatic carbocycles. The number of nitrogens with one attached hydrogen (secondary N) is 1.